The molecule has 0 unspecified atom stereocenters. The van der Waals surface area contributed by atoms with Gasteiger partial charge in [-0.2, -0.15) is 0 Å². The van der Waals surface area contributed by atoms with E-state index >= 15 is 0 Å². The van der Waals surface area contributed by atoms with E-state index in [0.717, 1.165) is 12.8 Å². The molecule has 1 amide bonds. The van der Waals surface area contributed by atoms with Gasteiger partial charge in [-0.3, -0.25) is 9.59 Å². The van der Waals surface area contributed by atoms with Crippen molar-refractivity contribution in [1.82, 2.24) is 0 Å². The van der Waals surface area contributed by atoms with Gasteiger partial charge in [-0.05, 0) is 25.0 Å². The van der Waals surface area contributed by atoms with E-state index in [0.29, 0.717) is 23.6 Å². The van der Waals surface area contributed by atoms with Gasteiger partial charge in [0.05, 0.1) is 16.1 Å². The predicted octanol–water partition coefficient (Wildman–Crippen LogP) is 3.31. The number of nitrogens with one attached hydrogen (secondary N) is 1. The van der Waals surface area contributed by atoms with Crippen LogP contribution in [-0.2, 0) is 9.59 Å². The van der Waals surface area contributed by atoms with Gasteiger partial charge in [0.2, 0.25) is 5.91 Å². The van der Waals surface area contributed by atoms with Crippen LogP contribution in [0.3, 0.4) is 0 Å². The molecule has 0 aromatic heterocycles. The zero-order chi connectivity index (χ0) is 13.9. The lowest BCUT2D eigenvalue weighted by atomic mass is 9.82. The van der Waals surface area contributed by atoms with E-state index in [-0.39, 0.29) is 12.3 Å². The number of hydrogen-bond donors (Lipinski definition) is 2. The lowest BCUT2D eigenvalue weighted by molar-refractivity contribution is -0.150. The number of carboxylic acids is 1. The number of hydrogen-bond acceptors (Lipinski definition) is 2. The standard InChI is InChI=1S/C14H16ClNO3/c15-10-5-1-2-6-11(10)16-12(17)9-14(13(18)19)7-3-4-8-14/h1-2,5-6H,3-4,7-9H2,(H,16,17)(H,18,19). The molecule has 1 aromatic rings. The second-order valence-electron chi connectivity index (χ2n) is 5.00. The van der Waals surface area contributed by atoms with Crippen molar-refractivity contribution >= 4 is 29.2 Å². The second kappa shape index (κ2) is 5.61. The summed E-state index contributed by atoms with van der Waals surface area (Å²) in [6, 6.07) is 6.92. The first-order chi connectivity index (χ1) is 9.03. The van der Waals surface area contributed by atoms with Gasteiger partial charge in [0.25, 0.3) is 0 Å². The summed E-state index contributed by atoms with van der Waals surface area (Å²) in [6.45, 7) is 0. The fourth-order valence-corrected chi connectivity index (χ4v) is 2.77. The molecular weight excluding hydrogens is 266 g/mol. The second-order valence-corrected chi connectivity index (χ2v) is 5.40. The van der Waals surface area contributed by atoms with E-state index in [1.54, 1.807) is 24.3 Å². The van der Waals surface area contributed by atoms with E-state index in [1.165, 1.54) is 0 Å². The fourth-order valence-electron chi connectivity index (χ4n) is 2.58. The van der Waals surface area contributed by atoms with Crippen LogP contribution in [0.4, 0.5) is 5.69 Å². The first kappa shape index (κ1) is 13.9. The summed E-state index contributed by atoms with van der Waals surface area (Å²) in [5.41, 5.74) is -0.376. The van der Waals surface area contributed by atoms with Crippen molar-refractivity contribution in [3.63, 3.8) is 0 Å². The molecule has 0 saturated heterocycles. The van der Waals surface area contributed by atoms with Crippen molar-refractivity contribution < 1.29 is 14.7 Å². The van der Waals surface area contributed by atoms with Gasteiger partial charge in [-0.25, -0.2) is 0 Å². The number of benzene rings is 1. The van der Waals surface area contributed by atoms with Crippen LogP contribution in [0.2, 0.25) is 5.02 Å². The summed E-state index contributed by atoms with van der Waals surface area (Å²) in [5.74, 6) is -1.17. The smallest absolute Gasteiger partial charge is 0.310 e. The highest BCUT2D eigenvalue weighted by Gasteiger charge is 2.42. The summed E-state index contributed by atoms with van der Waals surface area (Å²) in [6.07, 6.45) is 2.88. The Bertz CT molecular complexity index is 495. The third-order valence-corrected chi connectivity index (χ3v) is 3.99. The number of amides is 1. The summed E-state index contributed by atoms with van der Waals surface area (Å²) in [5, 5.41) is 12.5. The average Bonchev–Trinajstić information content (AvgIpc) is 2.82. The van der Waals surface area contributed by atoms with Crippen LogP contribution in [0.5, 0.6) is 0 Å². The molecule has 4 nitrogen and oxygen atoms in total. The number of carbonyl (C=O) groups excluding carboxylic acids is 1. The van der Waals surface area contributed by atoms with Crippen LogP contribution in [0.15, 0.2) is 24.3 Å². The Morgan fingerprint density at radius 2 is 1.89 bits per heavy atom. The maximum absolute atomic E-state index is 12.0. The third kappa shape index (κ3) is 3.07. The van der Waals surface area contributed by atoms with Gasteiger partial charge in [0.1, 0.15) is 0 Å². The maximum Gasteiger partial charge on any atom is 0.310 e. The van der Waals surface area contributed by atoms with Crippen molar-refractivity contribution in [2.75, 3.05) is 5.32 Å². The molecule has 2 N–H and O–H groups in total. The topological polar surface area (TPSA) is 66.4 Å². The molecule has 1 fully saturated rings. The van der Waals surface area contributed by atoms with Crippen molar-refractivity contribution in [3.8, 4) is 0 Å². The minimum absolute atomic E-state index is 0.00750. The monoisotopic (exact) mass is 281 g/mol. The average molecular weight is 282 g/mol. The molecule has 19 heavy (non-hydrogen) atoms. The van der Waals surface area contributed by atoms with Gasteiger partial charge in [0, 0.05) is 6.42 Å². The Hall–Kier alpha value is -1.55. The zero-order valence-corrected chi connectivity index (χ0v) is 11.2. The van der Waals surface area contributed by atoms with E-state index in [2.05, 4.69) is 5.32 Å². The van der Waals surface area contributed by atoms with E-state index in [1.807, 2.05) is 0 Å². The molecule has 2 rings (SSSR count). The molecule has 0 aliphatic heterocycles. The van der Waals surface area contributed by atoms with Crippen molar-refractivity contribution in [1.29, 1.82) is 0 Å². The number of aliphatic carboxylic acids is 1. The van der Waals surface area contributed by atoms with E-state index < -0.39 is 11.4 Å². The molecule has 102 valence electrons. The highest BCUT2D eigenvalue weighted by molar-refractivity contribution is 6.33. The Morgan fingerprint density at radius 1 is 1.26 bits per heavy atom. The van der Waals surface area contributed by atoms with E-state index in [9.17, 15) is 14.7 Å². The number of para-hydroxylation sites is 1. The minimum atomic E-state index is -0.897. The molecule has 0 atom stereocenters. The molecule has 5 heteroatoms. The van der Waals surface area contributed by atoms with Crippen LogP contribution in [-0.4, -0.2) is 17.0 Å². The van der Waals surface area contributed by atoms with Crippen LogP contribution < -0.4 is 5.32 Å². The lowest BCUT2D eigenvalue weighted by Gasteiger charge is -2.22. The van der Waals surface area contributed by atoms with Crippen LogP contribution in [0, 0.1) is 5.41 Å². The lowest BCUT2D eigenvalue weighted by Crippen LogP contribution is -2.32. The van der Waals surface area contributed by atoms with Gasteiger partial charge < -0.3 is 10.4 Å². The molecule has 0 radical (unpaired) electrons. The molecule has 1 aromatic carbocycles. The molecule has 1 aliphatic rings. The predicted molar refractivity (Wildman–Crippen MR) is 73.2 cm³/mol. The highest BCUT2D eigenvalue weighted by Crippen LogP contribution is 2.41. The van der Waals surface area contributed by atoms with Crippen LogP contribution in [0.1, 0.15) is 32.1 Å². The Morgan fingerprint density at radius 3 is 2.47 bits per heavy atom. The summed E-state index contributed by atoms with van der Waals surface area (Å²) >= 11 is 5.95. The first-order valence-corrected chi connectivity index (χ1v) is 6.69. The SMILES string of the molecule is O=C(CC1(C(=O)O)CCCC1)Nc1ccccc1Cl. The minimum Gasteiger partial charge on any atom is -0.481 e. The zero-order valence-electron chi connectivity index (χ0n) is 10.5. The molecule has 0 spiro atoms. The number of anilines is 1. The Kier molecular flexibility index (Phi) is 4.10. The van der Waals surface area contributed by atoms with Crippen LogP contribution in [0.25, 0.3) is 0 Å². The Balaban J connectivity index is 2.05. The number of halogens is 1. The van der Waals surface area contributed by atoms with Crippen LogP contribution >= 0.6 is 11.6 Å². The largest absolute Gasteiger partial charge is 0.481 e. The Labute approximate surface area is 116 Å². The van der Waals surface area contributed by atoms with Gasteiger partial charge in [-0.1, -0.05) is 36.6 Å². The maximum atomic E-state index is 12.0. The molecule has 1 saturated carbocycles. The van der Waals surface area contributed by atoms with Gasteiger partial charge >= 0.3 is 5.97 Å². The summed E-state index contributed by atoms with van der Waals surface area (Å²) in [7, 11) is 0. The quantitative estimate of drug-likeness (QED) is 0.890. The molecule has 1 aliphatic carbocycles. The van der Waals surface area contributed by atoms with Crippen molar-refractivity contribution in [3.05, 3.63) is 29.3 Å². The summed E-state index contributed by atoms with van der Waals surface area (Å²) < 4.78 is 0. The van der Waals surface area contributed by atoms with Crippen molar-refractivity contribution in [2.45, 2.75) is 32.1 Å². The molecular formula is C14H16ClNO3. The third-order valence-electron chi connectivity index (χ3n) is 3.66. The van der Waals surface area contributed by atoms with Gasteiger partial charge in [-0.15, -0.1) is 0 Å². The van der Waals surface area contributed by atoms with E-state index in [4.69, 9.17) is 11.6 Å². The van der Waals surface area contributed by atoms with Crippen molar-refractivity contribution in [2.24, 2.45) is 5.41 Å². The number of rotatable bonds is 4. The summed E-state index contributed by atoms with van der Waals surface area (Å²) in [4.78, 5) is 23.4. The fraction of sp³-hybridized carbons (Fsp3) is 0.429. The molecule has 0 bridgehead atoms. The van der Waals surface area contributed by atoms with Gasteiger partial charge in [0.15, 0.2) is 0 Å². The number of carboxylic acid groups (broad SMARTS) is 1. The highest BCUT2D eigenvalue weighted by atomic mass is 35.5. The number of carbonyl (C=O) groups is 2. The first-order valence-electron chi connectivity index (χ1n) is 6.31. The normalized spacial score (nSPS) is 17.1. The molecule has 0 heterocycles.